The summed E-state index contributed by atoms with van der Waals surface area (Å²) in [6.45, 7) is 12.5. The average molecular weight is 406 g/mol. The smallest absolute Gasteiger partial charge is 0.320 e. The van der Waals surface area contributed by atoms with Gasteiger partial charge in [-0.3, -0.25) is 0 Å². The number of hydrogen-bond donors (Lipinski definition) is 1. The van der Waals surface area contributed by atoms with Crippen LogP contribution in [0.2, 0.25) is 0 Å². The van der Waals surface area contributed by atoms with Gasteiger partial charge in [-0.1, -0.05) is 13.8 Å². The maximum atomic E-state index is 13.4. The number of hydrogen-bond acceptors (Lipinski definition) is 3. The van der Waals surface area contributed by atoms with E-state index in [0.29, 0.717) is 29.8 Å². The van der Waals surface area contributed by atoms with Gasteiger partial charge in [0.15, 0.2) is 0 Å². The molecule has 0 aromatic heterocycles. The molecule has 0 aromatic carbocycles. The Bertz CT molecular complexity index is 661. The van der Waals surface area contributed by atoms with Crippen molar-refractivity contribution < 1.29 is 14.4 Å². The molecule has 1 aliphatic heterocycles. The van der Waals surface area contributed by atoms with Crippen molar-refractivity contribution in [2.45, 2.75) is 103 Å². The van der Waals surface area contributed by atoms with Crippen LogP contribution in [0.15, 0.2) is 0 Å². The largest absolute Gasteiger partial charge is 0.434 e. The zero-order valence-corrected chi connectivity index (χ0v) is 19.0. The molecule has 5 fully saturated rings. The van der Waals surface area contributed by atoms with Crippen LogP contribution < -0.4 is 5.48 Å². The van der Waals surface area contributed by atoms with Gasteiger partial charge in [-0.25, -0.2) is 9.59 Å². The number of nitrogens with zero attached hydrogens (tertiary/aromatic N) is 2. The lowest BCUT2D eigenvalue weighted by Gasteiger charge is -2.69. The summed E-state index contributed by atoms with van der Waals surface area (Å²) >= 11 is 0. The van der Waals surface area contributed by atoms with Gasteiger partial charge in [0.2, 0.25) is 0 Å². The summed E-state index contributed by atoms with van der Waals surface area (Å²) in [5, 5.41) is 0. The first kappa shape index (κ1) is 20.8. The van der Waals surface area contributed by atoms with E-state index in [1.165, 1.54) is 19.3 Å². The molecule has 1 heterocycles. The zero-order valence-electron chi connectivity index (χ0n) is 19.0. The predicted octanol–water partition coefficient (Wildman–Crippen LogP) is 5.08. The first-order valence-corrected chi connectivity index (χ1v) is 11.5. The third-order valence-electron chi connectivity index (χ3n) is 7.78. The number of carbonyl (C=O) groups excluding carboxylic acids is 2. The molecule has 3 amide bonds. The van der Waals surface area contributed by atoms with E-state index < -0.39 is 6.09 Å². The van der Waals surface area contributed by atoms with Crippen molar-refractivity contribution in [3.63, 3.8) is 0 Å². The molecule has 4 aliphatic carbocycles. The summed E-state index contributed by atoms with van der Waals surface area (Å²) in [4.78, 5) is 34.8. The Morgan fingerprint density at radius 2 is 1.55 bits per heavy atom. The molecule has 1 N–H and O–H groups in total. The van der Waals surface area contributed by atoms with Crippen molar-refractivity contribution in [3.8, 4) is 0 Å². The van der Waals surface area contributed by atoms with Crippen LogP contribution in [-0.4, -0.2) is 46.1 Å². The number of rotatable bonds is 1. The summed E-state index contributed by atoms with van der Waals surface area (Å²) in [5.74, 6) is 0.690. The molecule has 5 rings (SSSR count). The molecule has 4 saturated carbocycles. The number of hydroxylamine groups is 1. The van der Waals surface area contributed by atoms with Crippen molar-refractivity contribution in [1.82, 2.24) is 15.3 Å². The van der Waals surface area contributed by atoms with E-state index in [1.807, 2.05) is 4.90 Å². The third kappa shape index (κ3) is 3.84. The highest BCUT2D eigenvalue weighted by molar-refractivity contribution is 5.77. The van der Waals surface area contributed by atoms with Crippen molar-refractivity contribution in [2.24, 2.45) is 16.7 Å². The van der Waals surface area contributed by atoms with Crippen LogP contribution >= 0.6 is 0 Å². The Hall–Kier alpha value is -1.46. The molecule has 5 aliphatic rings. The molecule has 6 heteroatoms. The molecule has 1 saturated heterocycles. The molecule has 29 heavy (non-hydrogen) atoms. The van der Waals surface area contributed by atoms with E-state index in [2.05, 4.69) is 40.1 Å². The Kier molecular flexibility index (Phi) is 4.86. The number of piperidine rings is 1. The molecule has 0 spiro atoms. The Balaban J connectivity index is 1.52. The Morgan fingerprint density at radius 1 is 0.966 bits per heavy atom. The molecular weight excluding hydrogens is 366 g/mol. The van der Waals surface area contributed by atoms with E-state index >= 15 is 0 Å². The first-order chi connectivity index (χ1) is 13.4. The van der Waals surface area contributed by atoms with Crippen LogP contribution in [0.4, 0.5) is 9.59 Å². The van der Waals surface area contributed by atoms with E-state index in [9.17, 15) is 9.59 Å². The van der Waals surface area contributed by atoms with Gasteiger partial charge in [-0.15, -0.1) is 0 Å². The van der Waals surface area contributed by atoms with Gasteiger partial charge in [-0.05, 0) is 95.3 Å². The fraction of sp³-hybridized carbons (Fsp3) is 0.913. The minimum Gasteiger partial charge on any atom is -0.320 e. The fourth-order valence-electron chi connectivity index (χ4n) is 8.14. The molecule has 164 valence electrons. The summed E-state index contributed by atoms with van der Waals surface area (Å²) < 4.78 is 0. The highest BCUT2D eigenvalue weighted by Crippen LogP contribution is 2.68. The van der Waals surface area contributed by atoms with E-state index in [4.69, 9.17) is 4.84 Å². The van der Waals surface area contributed by atoms with Crippen molar-refractivity contribution >= 4 is 12.1 Å². The van der Waals surface area contributed by atoms with Crippen molar-refractivity contribution in [1.29, 1.82) is 0 Å². The van der Waals surface area contributed by atoms with Gasteiger partial charge in [0.25, 0.3) is 0 Å². The molecule has 4 atom stereocenters. The van der Waals surface area contributed by atoms with E-state index in [1.54, 1.807) is 4.90 Å². The van der Waals surface area contributed by atoms with Crippen LogP contribution in [0.1, 0.15) is 92.4 Å². The van der Waals surface area contributed by atoms with Crippen LogP contribution in [0.25, 0.3) is 0 Å². The van der Waals surface area contributed by atoms with Crippen LogP contribution in [0.5, 0.6) is 0 Å². The number of urea groups is 1. The molecular formula is C23H39N3O3. The second-order valence-corrected chi connectivity index (χ2v) is 12.2. The minimum absolute atomic E-state index is 0.150. The van der Waals surface area contributed by atoms with Gasteiger partial charge in [-0.2, -0.15) is 5.48 Å². The van der Waals surface area contributed by atoms with Crippen LogP contribution in [-0.2, 0) is 4.84 Å². The SMILES string of the molecule is CC(C)(C)N(C(=O)NOC(=O)N1CCCCC1)C12CC3C[C@@](C)(C1)C[C@](C)(C3)C2. The van der Waals surface area contributed by atoms with Crippen LogP contribution in [0.3, 0.4) is 0 Å². The maximum absolute atomic E-state index is 13.4. The molecule has 6 nitrogen and oxygen atoms in total. The molecule has 0 radical (unpaired) electrons. The maximum Gasteiger partial charge on any atom is 0.434 e. The normalized spacial score (nSPS) is 38.7. The minimum atomic E-state index is -0.434. The number of likely N-dealkylation sites (tertiary alicyclic amines) is 1. The molecule has 4 bridgehead atoms. The van der Waals surface area contributed by atoms with Crippen molar-refractivity contribution in [3.05, 3.63) is 0 Å². The number of nitrogens with one attached hydrogen (secondary N) is 1. The monoisotopic (exact) mass is 405 g/mol. The Labute approximate surface area is 175 Å². The summed E-state index contributed by atoms with van der Waals surface area (Å²) in [6, 6.07) is -0.267. The molecule has 0 aromatic rings. The number of carbonyl (C=O) groups is 2. The fourth-order valence-corrected chi connectivity index (χ4v) is 8.14. The van der Waals surface area contributed by atoms with Gasteiger partial charge >= 0.3 is 12.1 Å². The highest BCUT2D eigenvalue weighted by atomic mass is 16.7. The summed E-state index contributed by atoms with van der Waals surface area (Å²) in [5.41, 5.74) is 2.65. The van der Waals surface area contributed by atoms with Crippen molar-refractivity contribution in [2.75, 3.05) is 13.1 Å². The van der Waals surface area contributed by atoms with Gasteiger partial charge in [0.05, 0.1) is 0 Å². The number of amides is 3. The lowest BCUT2D eigenvalue weighted by Crippen LogP contribution is -2.71. The Morgan fingerprint density at radius 3 is 2.07 bits per heavy atom. The lowest BCUT2D eigenvalue weighted by molar-refractivity contribution is -0.166. The standard InChI is InChI=1S/C23H39N3O3/c1-20(2,3)26(18(27)24-29-19(28)25-9-7-6-8-10-25)23-13-17-11-21(4,15-23)14-22(5,12-17)16-23/h17H,6-16H2,1-5H3,(H,24,27)/t17?,21-,22+,23?. The summed E-state index contributed by atoms with van der Waals surface area (Å²) in [6.07, 6.45) is 9.73. The first-order valence-electron chi connectivity index (χ1n) is 11.5. The second-order valence-electron chi connectivity index (χ2n) is 12.2. The molecule has 2 unspecified atom stereocenters. The lowest BCUT2D eigenvalue weighted by atomic mass is 9.42. The topological polar surface area (TPSA) is 61.9 Å². The predicted molar refractivity (Wildman–Crippen MR) is 112 cm³/mol. The van der Waals surface area contributed by atoms with Gasteiger partial charge < -0.3 is 14.6 Å². The second kappa shape index (κ2) is 6.78. The third-order valence-corrected chi connectivity index (χ3v) is 7.78. The van der Waals surface area contributed by atoms with Gasteiger partial charge in [0, 0.05) is 24.2 Å². The zero-order chi connectivity index (χ0) is 21.1. The van der Waals surface area contributed by atoms with E-state index in [0.717, 1.165) is 38.5 Å². The van der Waals surface area contributed by atoms with E-state index in [-0.39, 0.29) is 17.1 Å². The van der Waals surface area contributed by atoms with Gasteiger partial charge in [0.1, 0.15) is 0 Å². The average Bonchev–Trinajstić information content (AvgIpc) is 2.55. The van der Waals surface area contributed by atoms with Crippen LogP contribution in [0, 0.1) is 16.7 Å². The quantitative estimate of drug-likeness (QED) is 0.619. The highest BCUT2D eigenvalue weighted by Gasteiger charge is 2.64. The summed E-state index contributed by atoms with van der Waals surface area (Å²) in [7, 11) is 0.